The Morgan fingerprint density at radius 1 is 0.926 bits per heavy atom. The summed E-state index contributed by atoms with van der Waals surface area (Å²) in [6.07, 6.45) is -3.08. The van der Waals surface area contributed by atoms with Crippen LogP contribution in [0.4, 0.5) is 13.2 Å². The Morgan fingerprint density at radius 3 is 2.30 bits per heavy atom. The molecule has 0 saturated heterocycles. The van der Waals surface area contributed by atoms with Crippen molar-refractivity contribution in [3.05, 3.63) is 87.3 Å². The molecule has 0 radical (unpaired) electrons. The molecule has 0 aliphatic heterocycles. The highest BCUT2D eigenvalue weighted by atomic mass is 35.5. The van der Waals surface area contributed by atoms with E-state index in [1.807, 2.05) is 0 Å². The summed E-state index contributed by atoms with van der Waals surface area (Å²) in [5, 5.41) is -0.387. The fraction of sp³-hybridized carbons (Fsp3) is 0.105. The first-order valence-corrected chi connectivity index (χ1v) is 8.14. The Hall–Kier alpha value is -2.93. The van der Waals surface area contributed by atoms with Gasteiger partial charge in [-0.1, -0.05) is 23.7 Å². The maximum Gasteiger partial charge on any atom is 0.417 e. The van der Waals surface area contributed by atoms with Gasteiger partial charge in [0, 0.05) is 12.3 Å². The van der Waals surface area contributed by atoms with E-state index in [1.165, 1.54) is 18.3 Å². The largest absolute Gasteiger partial charge is 0.489 e. The topological polar surface area (TPSA) is 51.3 Å². The average molecular weight is 396 g/mol. The van der Waals surface area contributed by atoms with Crippen molar-refractivity contribution in [3.8, 4) is 17.2 Å². The number of nitrogens with one attached hydrogen (secondary N) is 1. The summed E-state index contributed by atoms with van der Waals surface area (Å²) in [4.78, 5) is 13.7. The summed E-state index contributed by atoms with van der Waals surface area (Å²) < 4.78 is 49.6. The molecule has 1 heterocycles. The quantitative estimate of drug-likeness (QED) is 0.627. The molecule has 0 amide bonds. The molecule has 0 aliphatic rings. The number of hydrogen-bond acceptors (Lipinski definition) is 3. The molecule has 0 saturated carbocycles. The zero-order valence-corrected chi connectivity index (χ0v) is 14.5. The Labute approximate surface area is 157 Å². The first-order chi connectivity index (χ1) is 12.8. The number of H-pyrrole nitrogens is 1. The van der Waals surface area contributed by atoms with Gasteiger partial charge >= 0.3 is 6.18 Å². The van der Waals surface area contributed by atoms with Gasteiger partial charge in [0.05, 0.1) is 10.6 Å². The van der Waals surface area contributed by atoms with Crippen LogP contribution in [-0.2, 0) is 12.8 Å². The third kappa shape index (κ3) is 5.04. The monoisotopic (exact) mass is 395 g/mol. The van der Waals surface area contributed by atoms with Gasteiger partial charge in [0.2, 0.25) is 0 Å². The summed E-state index contributed by atoms with van der Waals surface area (Å²) in [7, 11) is 0. The third-order valence-electron chi connectivity index (χ3n) is 3.55. The van der Waals surface area contributed by atoms with Crippen LogP contribution in [0.3, 0.4) is 0 Å². The second-order valence-corrected chi connectivity index (χ2v) is 5.97. The second-order valence-electron chi connectivity index (χ2n) is 5.56. The van der Waals surface area contributed by atoms with Gasteiger partial charge in [-0.15, -0.1) is 0 Å². The second kappa shape index (κ2) is 7.75. The number of alkyl halides is 3. The van der Waals surface area contributed by atoms with Gasteiger partial charge in [0.25, 0.3) is 5.56 Å². The number of benzene rings is 2. The number of ether oxygens (including phenoxy) is 2. The van der Waals surface area contributed by atoms with Crippen molar-refractivity contribution in [2.75, 3.05) is 0 Å². The fourth-order valence-electron chi connectivity index (χ4n) is 2.26. The molecular weight excluding hydrogens is 383 g/mol. The van der Waals surface area contributed by atoms with E-state index in [-0.39, 0.29) is 22.9 Å². The predicted molar refractivity (Wildman–Crippen MR) is 94.4 cm³/mol. The van der Waals surface area contributed by atoms with Crippen molar-refractivity contribution in [1.29, 1.82) is 0 Å². The van der Waals surface area contributed by atoms with Crippen molar-refractivity contribution in [2.45, 2.75) is 12.8 Å². The van der Waals surface area contributed by atoms with Gasteiger partial charge in [-0.3, -0.25) is 4.79 Å². The molecule has 0 unspecified atom stereocenters. The van der Waals surface area contributed by atoms with Gasteiger partial charge in [0.15, 0.2) is 0 Å². The number of pyridine rings is 1. The van der Waals surface area contributed by atoms with Crippen LogP contribution in [0.5, 0.6) is 17.2 Å². The first kappa shape index (κ1) is 18.8. The standard InChI is InChI=1S/C19H13ClF3NO3/c20-17-6-5-15(9-16(17)19(21,22)23)27-13-3-1-12(2-4-13)11-26-14-7-8-24-18(25)10-14/h1-10H,11H2,(H,24,25). The van der Waals surface area contributed by atoms with E-state index in [0.717, 1.165) is 17.7 Å². The molecule has 27 heavy (non-hydrogen) atoms. The van der Waals surface area contributed by atoms with Crippen molar-refractivity contribution < 1.29 is 22.6 Å². The lowest BCUT2D eigenvalue weighted by molar-refractivity contribution is -0.137. The van der Waals surface area contributed by atoms with Crippen LogP contribution in [-0.4, -0.2) is 4.98 Å². The van der Waals surface area contributed by atoms with E-state index in [2.05, 4.69) is 4.98 Å². The lowest BCUT2D eigenvalue weighted by Gasteiger charge is -2.12. The summed E-state index contributed by atoms with van der Waals surface area (Å²) in [5.41, 5.74) is -0.420. The average Bonchev–Trinajstić information content (AvgIpc) is 2.62. The Morgan fingerprint density at radius 2 is 1.63 bits per heavy atom. The molecule has 0 fully saturated rings. The molecular formula is C19H13ClF3NO3. The van der Waals surface area contributed by atoms with E-state index >= 15 is 0 Å². The zero-order chi connectivity index (χ0) is 19.4. The molecule has 0 atom stereocenters. The van der Waals surface area contributed by atoms with Crippen LogP contribution >= 0.6 is 11.6 Å². The molecule has 4 nitrogen and oxygen atoms in total. The van der Waals surface area contributed by atoms with Gasteiger partial charge in [-0.2, -0.15) is 13.2 Å². The first-order valence-electron chi connectivity index (χ1n) is 7.76. The molecule has 0 aliphatic carbocycles. The highest BCUT2D eigenvalue weighted by Gasteiger charge is 2.33. The number of halogens is 4. The maximum absolute atomic E-state index is 12.9. The molecule has 140 valence electrons. The summed E-state index contributed by atoms with van der Waals surface area (Å²) in [6, 6.07) is 13.0. The molecule has 1 aromatic heterocycles. The lowest BCUT2D eigenvalue weighted by Crippen LogP contribution is -2.06. The molecule has 0 spiro atoms. The van der Waals surface area contributed by atoms with E-state index in [9.17, 15) is 18.0 Å². The van der Waals surface area contributed by atoms with Gasteiger partial charge in [-0.25, -0.2) is 0 Å². The van der Waals surface area contributed by atoms with Crippen molar-refractivity contribution in [3.63, 3.8) is 0 Å². The predicted octanol–water partition coefficient (Wildman–Crippen LogP) is 5.42. The van der Waals surface area contributed by atoms with E-state index in [4.69, 9.17) is 21.1 Å². The fourth-order valence-corrected chi connectivity index (χ4v) is 2.48. The molecule has 8 heteroatoms. The van der Waals surface area contributed by atoms with E-state index in [0.29, 0.717) is 11.5 Å². The van der Waals surface area contributed by atoms with E-state index in [1.54, 1.807) is 30.3 Å². The van der Waals surface area contributed by atoms with Gasteiger partial charge in [-0.05, 0) is 42.0 Å². The SMILES string of the molecule is O=c1cc(OCc2ccc(Oc3ccc(Cl)c(C(F)(F)F)c3)cc2)cc[nH]1. The van der Waals surface area contributed by atoms with Crippen LogP contribution in [0.2, 0.25) is 5.02 Å². The zero-order valence-electron chi connectivity index (χ0n) is 13.7. The summed E-state index contributed by atoms with van der Waals surface area (Å²) in [6.45, 7) is 0.225. The normalized spacial score (nSPS) is 11.3. The van der Waals surface area contributed by atoms with Crippen molar-refractivity contribution in [2.24, 2.45) is 0 Å². The minimum atomic E-state index is -4.56. The van der Waals surface area contributed by atoms with Gasteiger partial charge < -0.3 is 14.5 Å². The molecule has 1 N–H and O–H groups in total. The van der Waals surface area contributed by atoms with Crippen molar-refractivity contribution >= 4 is 11.6 Å². The minimum absolute atomic E-state index is 0.0271. The number of rotatable bonds is 5. The number of hydrogen-bond donors (Lipinski definition) is 1. The molecule has 3 rings (SSSR count). The van der Waals surface area contributed by atoms with Gasteiger partial charge in [0.1, 0.15) is 23.9 Å². The minimum Gasteiger partial charge on any atom is -0.489 e. The maximum atomic E-state index is 12.9. The Balaban J connectivity index is 1.66. The third-order valence-corrected chi connectivity index (χ3v) is 3.88. The van der Waals surface area contributed by atoms with Crippen LogP contribution in [0.15, 0.2) is 65.6 Å². The number of aromatic nitrogens is 1. The molecule has 3 aromatic rings. The number of aromatic amines is 1. The van der Waals surface area contributed by atoms with Crippen LogP contribution in [0.25, 0.3) is 0 Å². The van der Waals surface area contributed by atoms with Crippen LogP contribution in [0.1, 0.15) is 11.1 Å². The highest BCUT2D eigenvalue weighted by molar-refractivity contribution is 6.31. The van der Waals surface area contributed by atoms with Crippen LogP contribution in [0, 0.1) is 0 Å². The van der Waals surface area contributed by atoms with E-state index < -0.39 is 11.7 Å². The van der Waals surface area contributed by atoms with Crippen LogP contribution < -0.4 is 15.0 Å². The lowest BCUT2D eigenvalue weighted by atomic mass is 10.2. The Kier molecular flexibility index (Phi) is 5.41. The summed E-state index contributed by atoms with van der Waals surface area (Å²) in [5.74, 6) is 0.824. The highest BCUT2D eigenvalue weighted by Crippen LogP contribution is 2.37. The molecule has 2 aromatic carbocycles. The molecule has 0 bridgehead atoms. The smallest absolute Gasteiger partial charge is 0.417 e. The summed E-state index contributed by atoms with van der Waals surface area (Å²) >= 11 is 5.59. The Bertz CT molecular complexity index is 984. The van der Waals surface area contributed by atoms with Crippen molar-refractivity contribution in [1.82, 2.24) is 4.98 Å².